The van der Waals surface area contributed by atoms with Crippen molar-refractivity contribution in [3.8, 4) is 10.4 Å². The van der Waals surface area contributed by atoms with Gasteiger partial charge in [-0.2, -0.15) is 0 Å². The number of nitrogens with one attached hydrogen (secondary N) is 2. The van der Waals surface area contributed by atoms with Crippen LogP contribution in [0.15, 0.2) is 30.5 Å². The van der Waals surface area contributed by atoms with Crippen LogP contribution < -0.4 is 10.6 Å². The Bertz CT molecular complexity index is 717. The topological polar surface area (TPSA) is 54.0 Å². The molecule has 2 saturated heterocycles. The Hall–Kier alpha value is -1.43. The lowest BCUT2D eigenvalue weighted by molar-refractivity contribution is 0.0930. The number of thiazole rings is 1. The normalized spacial score (nSPS) is 26.3. The number of carbonyl (C=O) groups excluding carboxylic acids is 1. The number of halogens is 1. The molecule has 1 aromatic carbocycles. The van der Waals surface area contributed by atoms with E-state index in [2.05, 4.69) is 15.6 Å². The number of rotatable bonds is 3. The van der Waals surface area contributed by atoms with E-state index in [0.29, 0.717) is 22.1 Å². The van der Waals surface area contributed by atoms with Gasteiger partial charge in [0.2, 0.25) is 0 Å². The molecule has 1 aromatic heterocycles. The summed E-state index contributed by atoms with van der Waals surface area (Å²) >= 11 is 7.58. The maximum absolute atomic E-state index is 12.4. The van der Waals surface area contributed by atoms with Gasteiger partial charge in [-0.3, -0.25) is 4.79 Å². The first-order valence-corrected chi connectivity index (χ1v) is 8.68. The largest absolute Gasteiger partial charge is 0.346 e. The number of amides is 1. The van der Waals surface area contributed by atoms with Crippen molar-refractivity contribution in [3.05, 3.63) is 40.5 Å². The standard InChI is InChI=1S/C16H16ClN3OS/c17-11-4-2-1-3-10(11)14-8-18-16(22-14)15(21)20-13-7-9-5-6-12(13)19-9/h1-4,8-9,12-13,19H,5-7H2,(H,20,21)/t9-,12+,13-/m1/s1. The minimum Gasteiger partial charge on any atom is -0.346 e. The van der Waals surface area contributed by atoms with Crippen LogP contribution in [-0.2, 0) is 0 Å². The van der Waals surface area contributed by atoms with Gasteiger partial charge in [-0.05, 0) is 25.3 Å². The Morgan fingerprint density at radius 1 is 1.36 bits per heavy atom. The van der Waals surface area contributed by atoms with Gasteiger partial charge in [0.15, 0.2) is 5.01 Å². The van der Waals surface area contributed by atoms with E-state index in [0.717, 1.165) is 23.3 Å². The minimum atomic E-state index is -0.0809. The second kappa shape index (κ2) is 5.65. The van der Waals surface area contributed by atoms with E-state index in [4.69, 9.17) is 11.6 Å². The van der Waals surface area contributed by atoms with Crippen molar-refractivity contribution in [1.82, 2.24) is 15.6 Å². The molecular formula is C16H16ClN3OS. The minimum absolute atomic E-state index is 0.0809. The van der Waals surface area contributed by atoms with Gasteiger partial charge in [0, 0.05) is 34.9 Å². The van der Waals surface area contributed by atoms with Crippen molar-refractivity contribution in [2.75, 3.05) is 0 Å². The van der Waals surface area contributed by atoms with Crippen LogP contribution in [0.25, 0.3) is 10.4 Å². The fourth-order valence-corrected chi connectivity index (χ4v) is 4.53. The molecule has 0 unspecified atom stereocenters. The highest BCUT2D eigenvalue weighted by Gasteiger charge is 2.39. The van der Waals surface area contributed by atoms with E-state index in [9.17, 15) is 4.79 Å². The number of hydrogen-bond donors (Lipinski definition) is 2. The molecule has 0 aliphatic carbocycles. The summed E-state index contributed by atoms with van der Waals surface area (Å²) in [6.07, 6.45) is 5.13. The van der Waals surface area contributed by atoms with Gasteiger partial charge in [0.05, 0.1) is 4.88 Å². The van der Waals surface area contributed by atoms with Crippen molar-refractivity contribution < 1.29 is 4.79 Å². The number of fused-ring (bicyclic) bond motifs is 2. The van der Waals surface area contributed by atoms with E-state index in [1.807, 2.05) is 24.3 Å². The molecule has 2 bridgehead atoms. The van der Waals surface area contributed by atoms with Gasteiger partial charge in [-0.15, -0.1) is 11.3 Å². The molecule has 6 heteroatoms. The predicted octanol–water partition coefficient (Wildman–Crippen LogP) is 3.09. The fourth-order valence-electron chi connectivity index (χ4n) is 3.38. The van der Waals surface area contributed by atoms with Crippen molar-refractivity contribution in [1.29, 1.82) is 0 Å². The van der Waals surface area contributed by atoms with E-state index in [1.165, 1.54) is 17.8 Å². The summed E-state index contributed by atoms with van der Waals surface area (Å²) < 4.78 is 0. The molecule has 1 amide bonds. The van der Waals surface area contributed by atoms with Gasteiger partial charge in [-0.1, -0.05) is 29.8 Å². The monoisotopic (exact) mass is 333 g/mol. The van der Waals surface area contributed by atoms with Gasteiger partial charge in [0.1, 0.15) is 0 Å². The number of aromatic nitrogens is 1. The molecule has 3 heterocycles. The van der Waals surface area contributed by atoms with Crippen LogP contribution in [0.5, 0.6) is 0 Å². The summed E-state index contributed by atoms with van der Waals surface area (Å²) in [4.78, 5) is 17.6. The van der Waals surface area contributed by atoms with Crippen LogP contribution >= 0.6 is 22.9 Å². The van der Waals surface area contributed by atoms with Crippen molar-refractivity contribution in [2.45, 2.75) is 37.4 Å². The molecule has 22 heavy (non-hydrogen) atoms. The average Bonchev–Trinajstić information content (AvgIpc) is 3.24. The van der Waals surface area contributed by atoms with Crippen molar-refractivity contribution >= 4 is 28.8 Å². The Labute approximate surface area is 137 Å². The van der Waals surface area contributed by atoms with Gasteiger partial charge >= 0.3 is 0 Å². The van der Waals surface area contributed by atoms with E-state index in [1.54, 1.807) is 6.20 Å². The molecule has 4 rings (SSSR count). The summed E-state index contributed by atoms with van der Waals surface area (Å²) in [6.45, 7) is 0. The van der Waals surface area contributed by atoms with Crippen LogP contribution in [0.2, 0.25) is 5.02 Å². The Balaban J connectivity index is 1.49. The second-order valence-corrected chi connectivity index (χ2v) is 7.31. The second-order valence-electron chi connectivity index (χ2n) is 5.87. The summed E-state index contributed by atoms with van der Waals surface area (Å²) in [7, 11) is 0. The summed E-state index contributed by atoms with van der Waals surface area (Å²) in [6, 6.07) is 8.85. The van der Waals surface area contributed by atoms with E-state index < -0.39 is 0 Å². The highest BCUT2D eigenvalue weighted by atomic mass is 35.5. The molecule has 2 N–H and O–H groups in total. The quantitative estimate of drug-likeness (QED) is 0.907. The third kappa shape index (κ3) is 2.53. The van der Waals surface area contributed by atoms with Crippen LogP contribution in [0.1, 0.15) is 29.1 Å². The van der Waals surface area contributed by atoms with Crippen molar-refractivity contribution in [3.63, 3.8) is 0 Å². The fraction of sp³-hybridized carbons (Fsp3) is 0.375. The first kappa shape index (κ1) is 14.2. The molecule has 2 aromatic rings. The molecule has 2 fully saturated rings. The number of nitrogens with zero attached hydrogens (tertiary/aromatic N) is 1. The highest BCUT2D eigenvalue weighted by Crippen LogP contribution is 2.32. The number of hydrogen-bond acceptors (Lipinski definition) is 4. The molecule has 2 aliphatic rings. The van der Waals surface area contributed by atoms with Gasteiger partial charge in [-0.25, -0.2) is 4.98 Å². The van der Waals surface area contributed by atoms with E-state index >= 15 is 0 Å². The Morgan fingerprint density at radius 2 is 2.23 bits per heavy atom. The molecule has 114 valence electrons. The molecule has 4 nitrogen and oxygen atoms in total. The zero-order valence-electron chi connectivity index (χ0n) is 11.9. The Morgan fingerprint density at radius 3 is 2.95 bits per heavy atom. The molecule has 0 radical (unpaired) electrons. The first-order chi connectivity index (χ1) is 10.7. The smallest absolute Gasteiger partial charge is 0.280 e. The van der Waals surface area contributed by atoms with Crippen LogP contribution in [0, 0.1) is 0 Å². The van der Waals surface area contributed by atoms with Crippen LogP contribution in [-0.4, -0.2) is 29.0 Å². The third-order valence-electron chi connectivity index (χ3n) is 4.46. The maximum Gasteiger partial charge on any atom is 0.280 e. The zero-order valence-corrected chi connectivity index (χ0v) is 13.5. The molecule has 0 saturated carbocycles. The van der Waals surface area contributed by atoms with Gasteiger partial charge < -0.3 is 10.6 Å². The number of benzene rings is 1. The van der Waals surface area contributed by atoms with E-state index in [-0.39, 0.29) is 11.9 Å². The molecule has 2 aliphatic heterocycles. The summed E-state index contributed by atoms with van der Waals surface area (Å²) in [5.74, 6) is -0.0809. The highest BCUT2D eigenvalue weighted by molar-refractivity contribution is 7.17. The average molecular weight is 334 g/mol. The molecule has 3 atom stereocenters. The first-order valence-electron chi connectivity index (χ1n) is 7.48. The molecular weight excluding hydrogens is 318 g/mol. The lowest BCUT2D eigenvalue weighted by Crippen LogP contribution is -2.42. The summed E-state index contributed by atoms with van der Waals surface area (Å²) in [5.41, 5.74) is 0.919. The van der Waals surface area contributed by atoms with Gasteiger partial charge in [0.25, 0.3) is 5.91 Å². The molecule has 0 spiro atoms. The lowest BCUT2D eigenvalue weighted by atomic mass is 9.95. The SMILES string of the molecule is O=C(N[C@@H]1C[C@H]2CC[C@@H]1N2)c1ncc(-c2ccccc2Cl)s1. The zero-order chi connectivity index (χ0) is 15.1. The number of carbonyl (C=O) groups is 1. The summed E-state index contributed by atoms with van der Waals surface area (Å²) in [5, 5.41) is 7.82. The van der Waals surface area contributed by atoms with Crippen molar-refractivity contribution in [2.24, 2.45) is 0 Å². The Kier molecular flexibility index (Phi) is 3.64. The lowest BCUT2D eigenvalue weighted by Gasteiger charge is -2.20. The third-order valence-corrected chi connectivity index (χ3v) is 5.81. The van der Waals surface area contributed by atoms with Crippen LogP contribution in [0.3, 0.4) is 0 Å². The maximum atomic E-state index is 12.4. The van der Waals surface area contributed by atoms with Crippen LogP contribution in [0.4, 0.5) is 0 Å². The predicted molar refractivity (Wildman–Crippen MR) is 88.4 cm³/mol.